The van der Waals surface area contributed by atoms with Gasteiger partial charge in [-0.25, -0.2) is 4.79 Å². The Balaban J connectivity index is 3.97. The Morgan fingerprint density at radius 1 is 0.677 bits per heavy atom. The third kappa shape index (κ3) is 16.7. The van der Waals surface area contributed by atoms with Crippen molar-refractivity contribution in [2.24, 2.45) is 5.73 Å². The molecule has 0 aliphatic rings. The van der Waals surface area contributed by atoms with Gasteiger partial charge in [-0.15, -0.1) is 0 Å². The van der Waals surface area contributed by atoms with Gasteiger partial charge in [-0.3, -0.25) is 4.79 Å². The van der Waals surface area contributed by atoms with Crippen LogP contribution in [0.25, 0.3) is 0 Å². The first-order valence-corrected chi connectivity index (χ1v) is 12.8. The Morgan fingerprint density at radius 3 is 1.45 bits per heavy atom. The van der Waals surface area contributed by atoms with Gasteiger partial charge < -0.3 is 10.5 Å². The summed E-state index contributed by atoms with van der Waals surface area (Å²) in [4.78, 5) is 23.7. The number of esters is 1. The molecule has 180 valence electrons. The molecule has 0 saturated heterocycles. The lowest BCUT2D eigenvalue weighted by atomic mass is 10.0. The van der Waals surface area contributed by atoms with Crippen molar-refractivity contribution in [2.45, 2.75) is 136 Å². The molecule has 0 bridgehead atoms. The molecule has 0 atom stereocenters. The normalized spacial score (nSPS) is 11.8. The number of amides is 1. The maximum atomic E-state index is 11.9. The predicted octanol–water partition coefficient (Wildman–Crippen LogP) is 7.91. The molecule has 0 aliphatic heterocycles. The summed E-state index contributed by atoms with van der Waals surface area (Å²) in [5.41, 5.74) is 6.30. The zero-order valence-electron chi connectivity index (χ0n) is 20.7. The molecule has 0 fully saturated rings. The summed E-state index contributed by atoms with van der Waals surface area (Å²) in [6.45, 7) is 9.48. The first-order chi connectivity index (χ1) is 14.9. The molecular formula is C27H49NO3. The average Bonchev–Trinajstić information content (AvgIpc) is 2.73. The maximum absolute atomic E-state index is 11.9. The van der Waals surface area contributed by atoms with Gasteiger partial charge in [-0.05, 0) is 19.8 Å². The molecule has 0 rings (SSSR count). The zero-order valence-corrected chi connectivity index (χ0v) is 20.7. The fourth-order valence-electron chi connectivity index (χ4n) is 3.77. The maximum Gasteiger partial charge on any atom is 0.338 e. The Kier molecular flexibility index (Phi) is 19.3. The van der Waals surface area contributed by atoms with E-state index in [4.69, 9.17) is 10.5 Å². The quantitative estimate of drug-likeness (QED) is 0.0861. The Labute approximate surface area is 192 Å². The molecular weight excluding hydrogens is 386 g/mol. The van der Waals surface area contributed by atoms with Crippen LogP contribution in [0.5, 0.6) is 0 Å². The standard InChI is InChI=1S/C27H49NO3/c1-5-7-8-9-10-11-12-13-14-15-16-17-18-19-20-22-25(31-27(30)23(3)4)24(21-6-2)26(28)29/h3,5-22H2,1-2,4H3,(H2,28,29). The second-order valence-electron chi connectivity index (χ2n) is 8.89. The van der Waals surface area contributed by atoms with Gasteiger partial charge in [0.2, 0.25) is 5.91 Å². The van der Waals surface area contributed by atoms with Crippen molar-refractivity contribution in [3.8, 4) is 0 Å². The Morgan fingerprint density at radius 2 is 1.10 bits per heavy atom. The van der Waals surface area contributed by atoms with Gasteiger partial charge >= 0.3 is 5.97 Å². The van der Waals surface area contributed by atoms with Crippen molar-refractivity contribution in [1.29, 1.82) is 0 Å². The van der Waals surface area contributed by atoms with Gasteiger partial charge in [0.1, 0.15) is 5.76 Å². The van der Waals surface area contributed by atoms with E-state index in [1.54, 1.807) is 6.92 Å². The summed E-state index contributed by atoms with van der Waals surface area (Å²) in [6.07, 6.45) is 21.4. The zero-order chi connectivity index (χ0) is 23.3. The fourth-order valence-corrected chi connectivity index (χ4v) is 3.77. The van der Waals surface area contributed by atoms with Crippen molar-refractivity contribution in [1.82, 2.24) is 0 Å². The van der Waals surface area contributed by atoms with Crippen molar-refractivity contribution >= 4 is 11.9 Å². The first-order valence-electron chi connectivity index (χ1n) is 12.8. The summed E-state index contributed by atoms with van der Waals surface area (Å²) in [7, 11) is 0. The molecule has 0 aromatic rings. The third-order valence-corrected chi connectivity index (χ3v) is 5.71. The summed E-state index contributed by atoms with van der Waals surface area (Å²) in [5, 5.41) is 0. The minimum atomic E-state index is -0.493. The number of carbonyl (C=O) groups is 2. The van der Waals surface area contributed by atoms with Crippen LogP contribution < -0.4 is 5.73 Å². The number of nitrogens with two attached hydrogens (primary N) is 1. The van der Waals surface area contributed by atoms with Gasteiger partial charge in [0.15, 0.2) is 0 Å². The van der Waals surface area contributed by atoms with Gasteiger partial charge in [-0.2, -0.15) is 0 Å². The van der Waals surface area contributed by atoms with Crippen molar-refractivity contribution < 1.29 is 14.3 Å². The smallest absolute Gasteiger partial charge is 0.338 e. The predicted molar refractivity (Wildman–Crippen MR) is 132 cm³/mol. The lowest BCUT2D eigenvalue weighted by Crippen LogP contribution is -2.18. The Bertz CT molecular complexity index is 537. The molecule has 4 nitrogen and oxygen atoms in total. The van der Waals surface area contributed by atoms with E-state index in [0.29, 0.717) is 29.7 Å². The molecule has 0 aromatic heterocycles. The van der Waals surface area contributed by atoms with Crippen LogP contribution in [0, 0.1) is 0 Å². The highest BCUT2D eigenvalue weighted by atomic mass is 16.5. The minimum absolute atomic E-state index is 0.328. The number of hydrogen-bond acceptors (Lipinski definition) is 3. The summed E-state index contributed by atoms with van der Waals surface area (Å²) < 4.78 is 5.45. The number of allylic oxidation sites excluding steroid dienone is 1. The molecule has 1 amide bonds. The molecule has 2 N–H and O–H groups in total. The van der Waals surface area contributed by atoms with E-state index in [1.807, 2.05) is 6.92 Å². The van der Waals surface area contributed by atoms with E-state index in [-0.39, 0.29) is 0 Å². The molecule has 4 heteroatoms. The van der Waals surface area contributed by atoms with Crippen LogP contribution in [0.15, 0.2) is 23.5 Å². The monoisotopic (exact) mass is 435 g/mol. The lowest BCUT2D eigenvalue weighted by Gasteiger charge is -2.13. The van der Waals surface area contributed by atoms with E-state index in [1.165, 1.54) is 83.5 Å². The first kappa shape index (κ1) is 29.4. The van der Waals surface area contributed by atoms with Gasteiger partial charge in [0, 0.05) is 12.0 Å². The Hall–Kier alpha value is -1.58. The van der Waals surface area contributed by atoms with E-state index in [0.717, 1.165) is 19.3 Å². The van der Waals surface area contributed by atoms with Crippen LogP contribution in [0.1, 0.15) is 136 Å². The molecule has 0 unspecified atom stereocenters. The average molecular weight is 436 g/mol. The second kappa shape index (κ2) is 20.3. The number of carbonyl (C=O) groups excluding carboxylic acids is 2. The van der Waals surface area contributed by atoms with E-state index < -0.39 is 11.9 Å². The van der Waals surface area contributed by atoms with Gasteiger partial charge in [-0.1, -0.05) is 117 Å². The molecule has 0 heterocycles. The SMILES string of the molecule is C=C(C)C(=O)OC(CCCCCCCCCCCCCCCCC)=C(CCC)C(N)=O. The van der Waals surface area contributed by atoms with E-state index >= 15 is 0 Å². The van der Waals surface area contributed by atoms with Crippen molar-refractivity contribution in [3.63, 3.8) is 0 Å². The fraction of sp³-hybridized carbons (Fsp3) is 0.778. The molecule has 0 aromatic carbocycles. The van der Waals surface area contributed by atoms with E-state index in [9.17, 15) is 9.59 Å². The largest absolute Gasteiger partial charge is 0.427 e. The number of hydrogen-bond donors (Lipinski definition) is 1. The van der Waals surface area contributed by atoms with Crippen LogP contribution in [-0.2, 0) is 14.3 Å². The summed E-state index contributed by atoms with van der Waals surface area (Å²) in [6, 6.07) is 0. The van der Waals surface area contributed by atoms with Crippen molar-refractivity contribution in [2.75, 3.05) is 0 Å². The van der Waals surface area contributed by atoms with E-state index in [2.05, 4.69) is 13.5 Å². The van der Waals surface area contributed by atoms with Gasteiger partial charge in [0.25, 0.3) is 0 Å². The summed E-state index contributed by atoms with van der Waals surface area (Å²) in [5.74, 6) is -0.532. The third-order valence-electron chi connectivity index (χ3n) is 5.71. The van der Waals surface area contributed by atoms with Crippen LogP contribution in [-0.4, -0.2) is 11.9 Å². The molecule has 0 spiro atoms. The highest BCUT2D eigenvalue weighted by Gasteiger charge is 2.17. The van der Waals surface area contributed by atoms with Crippen LogP contribution in [0.3, 0.4) is 0 Å². The van der Waals surface area contributed by atoms with Gasteiger partial charge in [0.05, 0.1) is 5.57 Å². The highest BCUT2D eigenvalue weighted by Crippen LogP contribution is 2.21. The molecule has 31 heavy (non-hydrogen) atoms. The van der Waals surface area contributed by atoms with Crippen LogP contribution >= 0.6 is 0 Å². The number of primary amides is 1. The lowest BCUT2D eigenvalue weighted by molar-refractivity contribution is -0.135. The molecule has 0 radical (unpaired) electrons. The number of unbranched alkanes of at least 4 members (excludes halogenated alkanes) is 14. The van der Waals surface area contributed by atoms with Crippen LogP contribution in [0.4, 0.5) is 0 Å². The summed E-state index contributed by atoms with van der Waals surface area (Å²) >= 11 is 0. The number of ether oxygens (including phenoxy) is 1. The number of rotatable bonds is 21. The van der Waals surface area contributed by atoms with Crippen molar-refractivity contribution in [3.05, 3.63) is 23.5 Å². The highest BCUT2D eigenvalue weighted by molar-refractivity contribution is 5.94. The minimum Gasteiger partial charge on any atom is -0.427 e. The van der Waals surface area contributed by atoms with Crippen LogP contribution in [0.2, 0.25) is 0 Å². The molecule has 0 aliphatic carbocycles. The molecule has 0 saturated carbocycles. The second-order valence-corrected chi connectivity index (χ2v) is 8.89. The topological polar surface area (TPSA) is 69.4 Å².